The van der Waals surface area contributed by atoms with Crippen molar-refractivity contribution in [2.24, 2.45) is 5.41 Å². The molecule has 0 spiro atoms. The molecular formula is C32H45N. The number of aryl methyl sites for hydroxylation is 1. The monoisotopic (exact) mass is 443 g/mol. The lowest BCUT2D eigenvalue weighted by atomic mass is 9.67. The van der Waals surface area contributed by atoms with Gasteiger partial charge in [0.15, 0.2) is 0 Å². The predicted molar refractivity (Wildman–Crippen MR) is 142 cm³/mol. The lowest BCUT2D eigenvalue weighted by molar-refractivity contribution is 0.223. The van der Waals surface area contributed by atoms with Crippen molar-refractivity contribution < 1.29 is 0 Å². The highest BCUT2D eigenvalue weighted by atomic mass is 14.4. The van der Waals surface area contributed by atoms with Crippen LogP contribution in [0.5, 0.6) is 0 Å². The van der Waals surface area contributed by atoms with Crippen LogP contribution in [0.3, 0.4) is 0 Å². The summed E-state index contributed by atoms with van der Waals surface area (Å²) in [7, 11) is 0. The summed E-state index contributed by atoms with van der Waals surface area (Å²) in [5, 5.41) is 9.90. The summed E-state index contributed by atoms with van der Waals surface area (Å²) < 4.78 is 0. The largest absolute Gasteiger partial charge is 0.198 e. The van der Waals surface area contributed by atoms with Gasteiger partial charge in [-0.05, 0) is 73.1 Å². The van der Waals surface area contributed by atoms with Crippen molar-refractivity contribution in [3.8, 4) is 17.2 Å². The summed E-state index contributed by atoms with van der Waals surface area (Å²) in [6.07, 6.45) is 18.5. The molecule has 178 valence electrons. The molecule has 1 fully saturated rings. The van der Waals surface area contributed by atoms with E-state index in [1.54, 1.807) is 0 Å². The van der Waals surface area contributed by atoms with Gasteiger partial charge in [-0.15, -0.1) is 0 Å². The van der Waals surface area contributed by atoms with E-state index >= 15 is 0 Å². The normalized spacial score (nSPS) is 20.5. The van der Waals surface area contributed by atoms with Crippen LogP contribution in [-0.2, 0) is 6.42 Å². The third-order valence-corrected chi connectivity index (χ3v) is 7.93. The summed E-state index contributed by atoms with van der Waals surface area (Å²) >= 11 is 0. The van der Waals surface area contributed by atoms with Crippen molar-refractivity contribution in [1.82, 2.24) is 0 Å². The van der Waals surface area contributed by atoms with Crippen molar-refractivity contribution in [3.63, 3.8) is 0 Å². The van der Waals surface area contributed by atoms with Gasteiger partial charge in [-0.2, -0.15) is 5.26 Å². The maximum Gasteiger partial charge on any atom is 0.0689 e. The molecule has 1 saturated carbocycles. The molecule has 2 aromatic rings. The third-order valence-electron chi connectivity index (χ3n) is 7.93. The SMILES string of the molecule is CCCCCCCC1(C#N)CCC(c2ccc(-c3ccc(CCCCCC)cc3)cc2)CC1. The molecule has 1 aliphatic carbocycles. The van der Waals surface area contributed by atoms with Crippen molar-refractivity contribution in [2.45, 2.75) is 116 Å². The van der Waals surface area contributed by atoms with E-state index in [-0.39, 0.29) is 5.41 Å². The number of benzene rings is 2. The first kappa shape index (κ1) is 25.6. The Morgan fingerprint density at radius 3 is 1.85 bits per heavy atom. The van der Waals surface area contributed by atoms with Gasteiger partial charge in [-0.25, -0.2) is 0 Å². The van der Waals surface area contributed by atoms with Crippen LogP contribution in [0.15, 0.2) is 48.5 Å². The van der Waals surface area contributed by atoms with E-state index in [9.17, 15) is 5.26 Å². The average molecular weight is 444 g/mol. The molecule has 2 aromatic carbocycles. The Labute approximate surface area is 203 Å². The van der Waals surface area contributed by atoms with Gasteiger partial charge in [-0.1, -0.05) is 114 Å². The van der Waals surface area contributed by atoms with E-state index in [1.165, 1.54) is 86.5 Å². The van der Waals surface area contributed by atoms with Gasteiger partial charge in [0.05, 0.1) is 11.5 Å². The lowest BCUT2D eigenvalue weighted by Crippen LogP contribution is -2.25. The Balaban J connectivity index is 1.50. The Hall–Kier alpha value is -2.07. The Kier molecular flexibility index (Phi) is 10.5. The molecule has 0 radical (unpaired) electrons. The number of hydrogen-bond acceptors (Lipinski definition) is 1. The van der Waals surface area contributed by atoms with Crippen LogP contribution in [0.4, 0.5) is 0 Å². The zero-order valence-electron chi connectivity index (χ0n) is 21.2. The molecule has 1 heteroatoms. The fraction of sp³-hybridized carbons (Fsp3) is 0.594. The van der Waals surface area contributed by atoms with E-state index in [0.717, 1.165) is 32.1 Å². The second kappa shape index (κ2) is 13.6. The van der Waals surface area contributed by atoms with Gasteiger partial charge >= 0.3 is 0 Å². The molecule has 0 bridgehead atoms. The van der Waals surface area contributed by atoms with Gasteiger partial charge < -0.3 is 0 Å². The molecule has 1 nitrogen and oxygen atoms in total. The summed E-state index contributed by atoms with van der Waals surface area (Å²) in [5.41, 5.74) is 5.49. The number of unbranched alkanes of at least 4 members (excludes halogenated alkanes) is 7. The number of hydrogen-bond donors (Lipinski definition) is 0. The smallest absolute Gasteiger partial charge is 0.0689 e. The number of nitriles is 1. The van der Waals surface area contributed by atoms with Crippen LogP contribution in [-0.4, -0.2) is 0 Å². The van der Waals surface area contributed by atoms with Gasteiger partial charge in [-0.3, -0.25) is 0 Å². The molecular weight excluding hydrogens is 398 g/mol. The minimum atomic E-state index is -0.0546. The fourth-order valence-electron chi connectivity index (χ4n) is 5.56. The zero-order chi connectivity index (χ0) is 23.4. The Bertz CT molecular complexity index is 832. The summed E-state index contributed by atoms with van der Waals surface area (Å²) in [4.78, 5) is 0. The van der Waals surface area contributed by atoms with Crippen LogP contribution < -0.4 is 0 Å². The number of rotatable bonds is 13. The van der Waals surface area contributed by atoms with E-state index in [0.29, 0.717) is 5.92 Å². The molecule has 3 rings (SSSR count). The highest BCUT2D eigenvalue weighted by Crippen LogP contribution is 2.45. The van der Waals surface area contributed by atoms with Crippen LogP contribution in [0.25, 0.3) is 11.1 Å². The first-order chi connectivity index (χ1) is 16.2. The van der Waals surface area contributed by atoms with E-state index < -0.39 is 0 Å². The summed E-state index contributed by atoms with van der Waals surface area (Å²) in [6.45, 7) is 4.53. The predicted octanol–water partition coefficient (Wildman–Crippen LogP) is 10.0. The maximum atomic E-state index is 9.90. The second-order valence-corrected chi connectivity index (χ2v) is 10.5. The van der Waals surface area contributed by atoms with E-state index in [2.05, 4.69) is 68.4 Å². The number of nitrogens with zero attached hydrogens (tertiary/aromatic N) is 1. The van der Waals surface area contributed by atoms with Gasteiger partial charge in [0.2, 0.25) is 0 Å². The summed E-state index contributed by atoms with van der Waals surface area (Å²) in [6, 6.07) is 21.2. The topological polar surface area (TPSA) is 23.8 Å². The first-order valence-electron chi connectivity index (χ1n) is 13.8. The van der Waals surface area contributed by atoms with Crippen molar-refractivity contribution in [3.05, 3.63) is 59.7 Å². The quantitative estimate of drug-likeness (QED) is 0.282. The molecule has 0 aromatic heterocycles. The molecule has 0 amide bonds. The van der Waals surface area contributed by atoms with Crippen molar-refractivity contribution >= 4 is 0 Å². The van der Waals surface area contributed by atoms with E-state index in [4.69, 9.17) is 0 Å². The molecule has 0 atom stereocenters. The third kappa shape index (κ3) is 7.74. The van der Waals surface area contributed by atoms with Gasteiger partial charge in [0.1, 0.15) is 0 Å². The van der Waals surface area contributed by atoms with E-state index in [1.807, 2.05) is 0 Å². The van der Waals surface area contributed by atoms with Crippen LogP contribution in [0.2, 0.25) is 0 Å². The lowest BCUT2D eigenvalue weighted by Gasteiger charge is -2.35. The Morgan fingerprint density at radius 2 is 1.27 bits per heavy atom. The molecule has 0 N–H and O–H groups in total. The molecule has 0 heterocycles. The minimum Gasteiger partial charge on any atom is -0.198 e. The highest BCUT2D eigenvalue weighted by Gasteiger charge is 2.35. The van der Waals surface area contributed by atoms with Gasteiger partial charge in [0, 0.05) is 0 Å². The molecule has 0 saturated heterocycles. The maximum absolute atomic E-state index is 9.90. The second-order valence-electron chi connectivity index (χ2n) is 10.5. The average Bonchev–Trinajstić information content (AvgIpc) is 2.87. The first-order valence-corrected chi connectivity index (χ1v) is 13.8. The van der Waals surface area contributed by atoms with Crippen LogP contribution in [0, 0.1) is 16.7 Å². The molecule has 0 aliphatic heterocycles. The van der Waals surface area contributed by atoms with Crippen LogP contribution >= 0.6 is 0 Å². The standard InChI is InChI=1S/C32H45N/c1-3-5-7-9-11-23-32(26-33)24-21-31(22-25-32)30-19-17-29(18-20-30)28-15-13-27(14-16-28)12-10-8-6-4-2/h13-20,31H,3-12,21-25H2,1-2H3. The van der Waals surface area contributed by atoms with Crippen LogP contribution in [0.1, 0.15) is 121 Å². The molecule has 1 aliphatic rings. The van der Waals surface area contributed by atoms with Crippen molar-refractivity contribution in [1.29, 1.82) is 5.26 Å². The highest BCUT2D eigenvalue weighted by molar-refractivity contribution is 5.64. The van der Waals surface area contributed by atoms with Gasteiger partial charge in [0.25, 0.3) is 0 Å². The zero-order valence-corrected chi connectivity index (χ0v) is 21.2. The summed E-state index contributed by atoms with van der Waals surface area (Å²) in [5.74, 6) is 0.617. The Morgan fingerprint density at radius 1 is 0.727 bits per heavy atom. The minimum absolute atomic E-state index is 0.0546. The van der Waals surface area contributed by atoms with Crippen molar-refractivity contribution in [2.75, 3.05) is 0 Å². The molecule has 0 unspecified atom stereocenters. The fourth-order valence-corrected chi connectivity index (χ4v) is 5.56. The molecule has 33 heavy (non-hydrogen) atoms.